The van der Waals surface area contributed by atoms with Crippen LogP contribution in [0.4, 0.5) is 0 Å². The van der Waals surface area contributed by atoms with Crippen molar-refractivity contribution in [3.05, 3.63) is 18.0 Å². The summed E-state index contributed by atoms with van der Waals surface area (Å²) in [7, 11) is 1.92. The maximum atomic E-state index is 12.8. The van der Waals surface area contributed by atoms with Gasteiger partial charge in [0.2, 0.25) is 5.91 Å². The normalized spacial score (nSPS) is 27.0. The first-order valence-electron chi connectivity index (χ1n) is 9.07. The monoisotopic (exact) mass is 348 g/mol. The Kier molecular flexibility index (Phi) is 5.13. The lowest BCUT2D eigenvalue weighted by atomic mass is 9.75. The number of carbonyl (C=O) groups is 2. The number of hydrogen-bond acceptors (Lipinski definition) is 5. The Hall–Kier alpha value is -1.89. The fraction of sp³-hybridized carbons (Fsp3) is 0.722. The molecule has 0 N–H and O–H groups in total. The number of nitrogens with zero attached hydrogens (tertiary/aromatic N) is 4. The number of aromatic nitrogens is 2. The van der Waals surface area contributed by atoms with Crippen molar-refractivity contribution >= 4 is 11.9 Å². The van der Waals surface area contributed by atoms with Gasteiger partial charge in [-0.25, -0.2) is 0 Å². The van der Waals surface area contributed by atoms with Gasteiger partial charge in [-0.15, -0.1) is 0 Å². The number of carbonyl (C=O) groups excluding carboxylic acids is 2. The Morgan fingerprint density at radius 3 is 2.84 bits per heavy atom. The average molecular weight is 348 g/mol. The zero-order valence-corrected chi connectivity index (χ0v) is 15.4. The molecule has 1 aromatic rings. The molecule has 7 heteroatoms. The summed E-state index contributed by atoms with van der Waals surface area (Å²) in [6, 6.07) is 0. The highest BCUT2D eigenvalue weighted by atomic mass is 16.5. The number of esters is 1. The number of aryl methyl sites for hydroxylation is 1. The molecule has 1 amide bonds. The molecule has 7 nitrogen and oxygen atoms in total. The van der Waals surface area contributed by atoms with E-state index in [4.69, 9.17) is 4.74 Å². The van der Waals surface area contributed by atoms with Crippen LogP contribution in [0.15, 0.2) is 12.4 Å². The van der Waals surface area contributed by atoms with E-state index in [-0.39, 0.29) is 17.8 Å². The molecule has 2 aliphatic heterocycles. The molecule has 0 saturated carbocycles. The molecular formula is C18H28N4O3. The largest absolute Gasteiger partial charge is 0.466 e. The van der Waals surface area contributed by atoms with Crippen molar-refractivity contribution in [3.63, 3.8) is 0 Å². The number of likely N-dealkylation sites (tertiary alicyclic amines) is 2. The smallest absolute Gasteiger partial charge is 0.314 e. The quantitative estimate of drug-likeness (QED) is 0.761. The number of hydrogen-bond donors (Lipinski definition) is 0. The Morgan fingerprint density at radius 2 is 2.20 bits per heavy atom. The molecule has 2 aliphatic rings. The number of fused-ring (bicyclic) bond motifs is 1. The minimum atomic E-state index is -0.550. The molecule has 0 bridgehead atoms. The first kappa shape index (κ1) is 17.9. The van der Waals surface area contributed by atoms with Gasteiger partial charge in [-0.2, -0.15) is 5.10 Å². The Morgan fingerprint density at radius 1 is 1.40 bits per heavy atom. The lowest BCUT2D eigenvalue weighted by molar-refractivity contribution is -0.157. The second-order valence-corrected chi connectivity index (χ2v) is 7.33. The van der Waals surface area contributed by atoms with Gasteiger partial charge < -0.3 is 9.64 Å². The molecule has 2 fully saturated rings. The van der Waals surface area contributed by atoms with E-state index in [2.05, 4.69) is 10.00 Å². The van der Waals surface area contributed by atoms with Gasteiger partial charge in [-0.05, 0) is 26.3 Å². The van der Waals surface area contributed by atoms with Crippen LogP contribution < -0.4 is 0 Å². The number of ether oxygens (including phenoxy) is 1. The Bertz CT molecular complexity index is 644. The molecular weight excluding hydrogens is 320 g/mol. The molecule has 0 spiro atoms. The second-order valence-electron chi connectivity index (χ2n) is 7.33. The van der Waals surface area contributed by atoms with Crippen LogP contribution in [0.1, 0.15) is 32.3 Å². The van der Waals surface area contributed by atoms with E-state index in [0.29, 0.717) is 19.7 Å². The van der Waals surface area contributed by atoms with Crippen molar-refractivity contribution in [3.8, 4) is 0 Å². The lowest BCUT2D eigenvalue weighted by Gasteiger charge is -2.31. The first-order valence-corrected chi connectivity index (χ1v) is 9.07. The van der Waals surface area contributed by atoms with Crippen LogP contribution in [0.25, 0.3) is 0 Å². The van der Waals surface area contributed by atoms with E-state index < -0.39 is 5.41 Å². The molecule has 3 heterocycles. The zero-order valence-electron chi connectivity index (χ0n) is 15.4. The first-order chi connectivity index (χ1) is 11.9. The summed E-state index contributed by atoms with van der Waals surface area (Å²) in [4.78, 5) is 28.9. The molecule has 1 aromatic heterocycles. The third-order valence-corrected chi connectivity index (χ3v) is 5.56. The van der Waals surface area contributed by atoms with E-state index >= 15 is 0 Å². The summed E-state index contributed by atoms with van der Waals surface area (Å²) in [5.41, 5.74) is 0.623. The molecule has 0 aromatic carbocycles. The maximum Gasteiger partial charge on any atom is 0.314 e. The molecule has 2 atom stereocenters. The summed E-state index contributed by atoms with van der Waals surface area (Å²) in [5, 5.41) is 4.24. The summed E-state index contributed by atoms with van der Waals surface area (Å²) < 4.78 is 7.23. The van der Waals surface area contributed by atoms with Crippen LogP contribution in [0.5, 0.6) is 0 Å². The summed E-state index contributed by atoms with van der Waals surface area (Å²) in [6.45, 7) is 7.51. The van der Waals surface area contributed by atoms with Crippen LogP contribution >= 0.6 is 0 Å². The van der Waals surface area contributed by atoms with Gasteiger partial charge in [0.15, 0.2) is 0 Å². The van der Waals surface area contributed by atoms with Crippen molar-refractivity contribution in [1.29, 1.82) is 0 Å². The van der Waals surface area contributed by atoms with Gasteiger partial charge in [0.05, 0.1) is 18.2 Å². The van der Waals surface area contributed by atoms with Gasteiger partial charge >= 0.3 is 5.97 Å². The van der Waals surface area contributed by atoms with Crippen molar-refractivity contribution in [2.45, 2.75) is 33.2 Å². The third kappa shape index (κ3) is 3.56. The summed E-state index contributed by atoms with van der Waals surface area (Å²) >= 11 is 0. The van der Waals surface area contributed by atoms with Crippen molar-refractivity contribution < 1.29 is 14.3 Å². The van der Waals surface area contributed by atoms with Crippen LogP contribution in [0.3, 0.4) is 0 Å². The molecule has 0 unspecified atom stereocenters. The minimum Gasteiger partial charge on any atom is -0.466 e. The van der Waals surface area contributed by atoms with Crippen molar-refractivity contribution in [1.82, 2.24) is 19.6 Å². The van der Waals surface area contributed by atoms with Gasteiger partial charge in [-0.3, -0.25) is 19.2 Å². The number of rotatable bonds is 4. The van der Waals surface area contributed by atoms with Crippen LogP contribution in [-0.4, -0.2) is 64.2 Å². The van der Waals surface area contributed by atoms with Crippen LogP contribution in [-0.2, 0) is 27.9 Å². The summed E-state index contributed by atoms with van der Waals surface area (Å²) in [5.74, 6) is 0.0251. The van der Waals surface area contributed by atoms with E-state index in [0.717, 1.165) is 32.5 Å². The molecule has 2 saturated heterocycles. The highest BCUT2D eigenvalue weighted by Gasteiger charge is 2.54. The van der Waals surface area contributed by atoms with E-state index in [1.54, 1.807) is 6.92 Å². The maximum absolute atomic E-state index is 12.8. The fourth-order valence-corrected chi connectivity index (χ4v) is 4.32. The van der Waals surface area contributed by atoms with Gasteiger partial charge in [0.1, 0.15) is 0 Å². The SMILES string of the molecule is CCOC(=O)[C@@]12CCCN(Cc3cnn(C)c3)C[C@@H]1CN(C(C)=O)C2. The van der Waals surface area contributed by atoms with Crippen LogP contribution in [0.2, 0.25) is 0 Å². The summed E-state index contributed by atoms with van der Waals surface area (Å²) in [6.07, 6.45) is 5.63. The molecule has 0 aliphatic carbocycles. The average Bonchev–Trinajstić information content (AvgIpc) is 3.08. The Labute approximate surface area is 148 Å². The highest BCUT2D eigenvalue weighted by Crippen LogP contribution is 2.44. The molecule has 25 heavy (non-hydrogen) atoms. The third-order valence-electron chi connectivity index (χ3n) is 5.56. The zero-order chi connectivity index (χ0) is 18.0. The predicted molar refractivity (Wildman–Crippen MR) is 92.5 cm³/mol. The van der Waals surface area contributed by atoms with E-state index in [1.807, 2.05) is 35.9 Å². The van der Waals surface area contributed by atoms with Crippen LogP contribution in [0, 0.1) is 11.3 Å². The molecule has 138 valence electrons. The predicted octanol–water partition coefficient (Wildman–Crippen LogP) is 1.04. The van der Waals surface area contributed by atoms with Crippen molar-refractivity contribution in [2.24, 2.45) is 18.4 Å². The molecule has 0 radical (unpaired) electrons. The highest BCUT2D eigenvalue weighted by molar-refractivity contribution is 5.81. The van der Waals surface area contributed by atoms with Gasteiger partial charge in [-0.1, -0.05) is 0 Å². The minimum absolute atomic E-state index is 0.0376. The standard InChI is InChI=1S/C18H28N4O3/c1-4-25-17(24)18-6-5-7-21(10-15-8-19-20(3)9-15)11-16(18)12-22(13-18)14(2)23/h8-9,16H,4-7,10-13H2,1-3H3/t16-,18-/m1/s1. The second kappa shape index (κ2) is 7.15. The van der Waals surface area contributed by atoms with Crippen molar-refractivity contribution in [2.75, 3.05) is 32.8 Å². The van der Waals surface area contributed by atoms with Gasteiger partial charge in [0.25, 0.3) is 0 Å². The Balaban J connectivity index is 1.79. The van der Waals surface area contributed by atoms with E-state index in [9.17, 15) is 9.59 Å². The fourth-order valence-electron chi connectivity index (χ4n) is 4.32. The molecule has 3 rings (SSSR count). The number of amides is 1. The van der Waals surface area contributed by atoms with E-state index in [1.165, 1.54) is 5.56 Å². The van der Waals surface area contributed by atoms with Gasteiger partial charge in [0, 0.05) is 57.8 Å². The topological polar surface area (TPSA) is 67.7 Å². The lowest BCUT2D eigenvalue weighted by Crippen LogP contribution is -2.42.